The monoisotopic (exact) mass is 352 g/mol. The van der Waals surface area contributed by atoms with E-state index in [1.54, 1.807) is 11.9 Å². The third-order valence-electron chi connectivity index (χ3n) is 5.35. The molecule has 0 radical (unpaired) electrons. The highest BCUT2D eigenvalue weighted by Crippen LogP contribution is 2.25. The molecule has 0 unspecified atom stereocenters. The maximum atomic E-state index is 13.1. The molecule has 0 atom stereocenters. The van der Waals surface area contributed by atoms with Crippen molar-refractivity contribution in [3.63, 3.8) is 0 Å². The predicted molar refractivity (Wildman–Crippen MR) is 99.5 cm³/mol. The number of likely N-dealkylation sites (tertiary alicyclic amines) is 1. The van der Waals surface area contributed by atoms with E-state index in [1.165, 1.54) is 0 Å². The fourth-order valence-electron chi connectivity index (χ4n) is 3.87. The molecule has 2 amide bonds. The lowest BCUT2D eigenvalue weighted by Crippen LogP contribution is -2.31. The van der Waals surface area contributed by atoms with E-state index in [-0.39, 0.29) is 11.8 Å². The number of aromatic nitrogens is 2. The highest BCUT2D eigenvalue weighted by atomic mass is 16.2. The number of hydrogen-bond acceptors (Lipinski definition) is 3. The van der Waals surface area contributed by atoms with E-state index >= 15 is 0 Å². The van der Waals surface area contributed by atoms with Gasteiger partial charge in [0, 0.05) is 32.4 Å². The Morgan fingerprint density at radius 3 is 2.42 bits per heavy atom. The maximum Gasteiger partial charge on any atom is 0.289 e. The van der Waals surface area contributed by atoms with E-state index < -0.39 is 0 Å². The normalized spacial score (nSPS) is 16.4. The van der Waals surface area contributed by atoms with Crippen molar-refractivity contribution in [1.29, 1.82) is 0 Å². The van der Waals surface area contributed by atoms with Gasteiger partial charge in [-0.15, -0.1) is 0 Å². The Kier molecular flexibility index (Phi) is 4.49. The zero-order valence-electron chi connectivity index (χ0n) is 15.1. The Labute approximate surface area is 153 Å². The van der Waals surface area contributed by atoms with Crippen LogP contribution in [0.4, 0.5) is 5.69 Å². The Morgan fingerprint density at radius 2 is 1.69 bits per heavy atom. The number of carbonyl (C=O) groups is 2. The Morgan fingerprint density at radius 1 is 1.00 bits per heavy atom. The number of rotatable bonds is 3. The number of imidazole rings is 1. The summed E-state index contributed by atoms with van der Waals surface area (Å²) in [7, 11) is 1.76. The van der Waals surface area contributed by atoms with E-state index in [1.807, 2.05) is 39.8 Å². The molecule has 0 N–H and O–H groups in total. The molecule has 0 saturated carbocycles. The summed E-state index contributed by atoms with van der Waals surface area (Å²) in [5.74, 6) is 0.251. The number of benzene rings is 1. The van der Waals surface area contributed by atoms with E-state index in [4.69, 9.17) is 0 Å². The van der Waals surface area contributed by atoms with E-state index in [9.17, 15) is 9.59 Å². The van der Waals surface area contributed by atoms with Crippen LogP contribution >= 0.6 is 0 Å². The molecule has 6 nitrogen and oxygen atoms in total. The summed E-state index contributed by atoms with van der Waals surface area (Å²) in [6.07, 6.45) is 4.93. The van der Waals surface area contributed by atoms with Crippen LogP contribution in [0.5, 0.6) is 0 Å². The molecule has 2 aliphatic rings. The van der Waals surface area contributed by atoms with Crippen molar-refractivity contribution in [1.82, 2.24) is 14.5 Å². The molecule has 2 aliphatic heterocycles. The van der Waals surface area contributed by atoms with Crippen LogP contribution in [0.25, 0.3) is 0 Å². The Balaban J connectivity index is 1.70. The zero-order chi connectivity index (χ0) is 18.1. The molecule has 1 aromatic heterocycles. The van der Waals surface area contributed by atoms with Crippen LogP contribution in [0.1, 0.15) is 52.5 Å². The molecule has 4 rings (SSSR count). The molecule has 1 saturated heterocycles. The molecule has 0 aliphatic carbocycles. The van der Waals surface area contributed by atoms with Gasteiger partial charge in [0.15, 0.2) is 11.5 Å². The van der Waals surface area contributed by atoms with Crippen molar-refractivity contribution in [2.75, 3.05) is 25.0 Å². The number of fused-ring (bicyclic) bond motifs is 1. The van der Waals surface area contributed by atoms with Crippen LogP contribution in [0.2, 0.25) is 0 Å². The van der Waals surface area contributed by atoms with E-state index in [0.29, 0.717) is 11.5 Å². The fourth-order valence-corrected chi connectivity index (χ4v) is 3.87. The summed E-state index contributed by atoms with van der Waals surface area (Å²) in [5, 5.41) is 0. The summed E-state index contributed by atoms with van der Waals surface area (Å²) >= 11 is 0. The van der Waals surface area contributed by atoms with E-state index in [0.717, 1.165) is 63.1 Å². The Bertz CT molecular complexity index is 822. The number of nitrogens with zero attached hydrogens (tertiary/aromatic N) is 4. The van der Waals surface area contributed by atoms with Gasteiger partial charge in [0.05, 0.1) is 5.69 Å². The zero-order valence-corrected chi connectivity index (χ0v) is 15.1. The van der Waals surface area contributed by atoms with Crippen LogP contribution in [0.15, 0.2) is 30.3 Å². The minimum atomic E-state index is -0.151. The number of hydrogen-bond donors (Lipinski definition) is 0. The van der Waals surface area contributed by atoms with Gasteiger partial charge in [-0.1, -0.05) is 18.2 Å². The Hall–Kier alpha value is -2.63. The maximum absolute atomic E-state index is 13.1. The van der Waals surface area contributed by atoms with Gasteiger partial charge in [0.1, 0.15) is 0 Å². The molecule has 136 valence electrons. The third-order valence-corrected chi connectivity index (χ3v) is 5.35. The molecule has 2 aromatic rings. The van der Waals surface area contributed by atoms with Crippen molar-refractivity contribution in [2.45, 2.75) is 38.6 Å². The second-order valence-electron chi connectivity index (χ2n) is 7.04. The second kappa shape index (κ2) is 6.94. The molecule has 0 bridgehead atoms. The van der Waals surface area contributed by atoms with Crippen molar-refractivity contribution in [3.8, 4) is 0 Å². The van der Waals surface area contributed by atoms with Gasteiger partial charge in [-0.2, -0.15) is 0 Å². The summed E-state index contributed by atoms with van der Waals surface area (Å²) in [5.41, 5.74) is 2.16. The average molecular weight is 352 g/mol. The van der Waals surface area contributed by atoms with Crippen molar-refractivity contribution in [2.24, 2.45) is 0 Å². The third kappa shape index (κ3) is 2.89. The van der Waals surface area contributed by atoms with Gasteiger partial charge < -0.3 is 14.4 Å². The van der Waals surface area contributed by atoms with Gasteiger partial charge in [0.2, 0.25) is 0 Å². The number of para-hydroxylation sites is 1. The molecular weight excluding hydrogens is 328 g/mol. The molecular formula is C20H24N4O2. The average Bonchev–Trinajstić information content (AvgIpc) is 3.35. The summed E-state index contributed by atoms with van der Waals surface area (Å²) in [6.45, 7) is 2.34. The summed E-state index contributed by atoms with van der Waals surface area (Å²) < 4.78 is 1.98. The predicted octanol–water partition coefficient (Wildman–Crippen LogP) is 2.73. The highest BCUT2D eigenvalue weighted by molar-refractivity contribution is 6.06. The smallest absolute Gasteiger partial charge is 0.289 e. The van der Waals surface area contributed by atoms with E-state index in [2.05, 4.69) is 4.98 Å². The van der Waals surface area contributed by atoms with Crippen molar-refractivity contribution in [3.05, 3.63) is 47.5 Å². The fraction of sp³-hybridized carbons (Fsp3) is 0.450. The van der Waals surface area contributed by atoms with Gasteiger partial charge in [0.25, 0.3) is 11.8 Å². The molecule has 6 heteroatoms. The first kappa shape index (κ1) is 16.8. The lowest BCUT2D eigenvalue weighted by Gasteiger charge is -2.20. The first-order chi connectivity index (χ1) is 12.7. The van der Waals surface area contributed by atoms with Gasteiger partial charge in [-0.3, -0.25) is 9.59 Å². The standard InChI is InChI=1S/C20H24N4O2/c1-22(15-9-3-2-4-10-15)19(25)17-16-11-5-6-14-24(16)18(21-17)20(26)23-12-7-8-13-23/h2-4,9-10H,5-8,11-14H2,1H3. The largest absolute Gasteiger partial charge is 0.336 e. The van der Waals surface area contributed by atoms with Crippen molar-refractivity contribution < 1.29 is 9.59 Å². The summed E-state index contributed by atoms with van der Waals surface area (Å²) in [6, 6.07) is 9.54. The second-order valence-corrected chi connectivity index (χ2v) is 7.04. The number of anilines is 1. The first-order valence-corrected chi connectivity index (χ1v) is 9.38. The molecule has 1 fully saturated rings. The first-order valence-electron chi connectivity index (χ1n) is 9.38. The van der Waals surface area contributed by atoms with Crippen molar-refractivity contribution >= 4 is 17.5 Å². The molecule has 26 heavy (non-hydrogen) atoms. The van der Waals surface area contributed by atoms with Crippen LogP contribution < -0.4 is 4.90 Å². The van der Waals surface area contributed by atoms with Gasteiger partial charge >= 0.3 is 0 Å². The minimum Gasteiger partial charge on any atom is -0.336 e. The van der Waals surface area contributed by atoms with Crippen LogP contribution in [-0.4, -0.2) is 46.4 Å². The quantitative estimate of drug-likeness (QED) is 0.853. The van der Waals surface area contributed by atoms with Gasteiger partial charge in [-0.25, -0.2) is 4.98 Å². The molecule has 1 aromatic carbocycles. The van der Waals surface area contributed by atoms with Gasteiger partial charge in [-0.05, 0) is 44.2 Å². The molecule has 3 heterocycles. The highest BCUT2D eigenvalue weighted by Gasteiger charge is 2.31. The lowest BCUT2D eigenvalue weighted by molar-refractivity contribution is 0.0774. The number of amides is 2. The minimum absolute atomic E-state index is 0.0351. The van der Waals surface area contributed by atoms with Crippen LogP contribution in [0.3, 0.4) is 0 Å². The van der Waals surface area contributed by atoms with Crippen LogP contribution in [0, 0.1) is 0 Å². The SMILES string of the molecule is CN(C(=O)c1nc(C(=O)N2CCCC2)n2c1CCCC2)c1ccccc1. The van der Waals surface area contributed by atoms with Crippen LogP contribution in [-0.2, 0) is 13.0 Å². The topological polar surface area (TPSA) is 58.4 Å². The molecule has 0 spiro atoms. The number of carbonyl (C=O) groups excluding carboxylic acids is 2. The summed E-state index contributed by atoms with van der Waals surface area (Å²) in [4.78, 5) is 34.0. The lowest BCUT2D eigenvalue weighted by atomic mass is 10.1.